The summed E-state index contributed by atoms with van der Waals surface area (Å²) in [4.78, 5) is 12.0. The molecule has 0 saturated heterocycles. The highest BCUT2D eigenvalue weighted by atomic mass is 79.9. The van der Waals surface area contributed by atoms with Crippen LogP contribution in [0, 0.1) is 6.92 Å². The van der Waals surface area contributed by atoms with Gasteiger partial charge in [-0.2, -0.15) is 0 Å². The van der Waals surface area contributed by atoms with Crippen LogP contribution in [0.25, 0.3) is 0 Å². The van der Waals surface area contributed by atoms with Crippen molar-refractivity contribution in [1.82, 2.24) is 5.32 Å². The monoisotopic (exact) mass is 316 g/mol. The van der Waals surface area contributed by atoms with Crippen molar-refractivity contribution in [2.75, 3.05) is 18.9 Å². The van der Waals surface area contributed by atoms with Crippen molar-refractivity contribution in [3.63, 3.8) is 0 Å². The molecule has 0 aromatic heterocycles. The third-order valence-corrected chi connectivity index (χ3v) is 3.09. The van der Waals surface area contributed by atoms with Crippen LogP contribution in [0.4, 0.5) is 5.69 Å². The Labute approximate surface area is 114 Å². The lowest BCUT2D eigenvalue weighted by atomic mass is 10.1. The van der Waals surface area contributed by atoms with Gasteiger partial charge in [-0.05, 0) is 31.5 Å². The van der Waals surface area contributed by atoms with Crippen LogP contribution in [0.3, 0.4) is 0 Å². The number of benzene rings is 1. The fourth-order valence-corrected chi connectivity index (χ4v) is 1.83. The number of carbonyl (C=O) groups excluding carboxylic acids is 1. The van der Waals surface area contributed by atoms with Gasteiger partial charge in [0.05, 0.1) is 6.61 Å². The minimum Gasteiger partial charge on any atom is -0.398 e. The van der Waals surface area contributed by atoms with E-state index in [-0.39, 0.29) is 12.5 Å². The molecule has 1 rings (SSSR count). The highest BCUT2D eigenvalue weighted by Crippen LogP contribution is 2.22. The van der Waals surface area contributed by atoms with Crippen LogP contribution >= 0.6 is 15.9 Å². The lowest BCUT2D eigenvalue weighted by molar-refractivity contribution is 0.00319. The summed E-state index contributed by atoms with van der Waals surface area (Å²) >= 11 is 3.27. The molecule has 0 fully saturated rings. The van der Waals surface area contributed by atoms with E-state index in [1.54, 1.807) is 19.1 Å². The molecule has 1 atom stereocenters. The number of nitrogen functional groups attached to an aromatic ring is 1. The zero-order valence-corrected chi connectivity index (χ0v) is 11.9. The maximum Gasteiger partial charge on any atom is 0.251 e. The molecule has 6 heteroatoms. The second kappa shape index (κ2) is 5.69. The largest absolute Gasteiger partial charge is 0.398 e. The van der Waals surface area contributed by atoms with Crippen LogP contribution in [0.5, 0.6) is 0 Å². The normalized spacial score (nSPS) is 14.1. The summed E-state index contributed by atoms with van der Waals surface area (Å²) in [6.07, 6.45) is 0. The van der Waals surface area contributed by atoms with Crippen molar-refractivity contribution in [3.8, 4) is 0 Å². The molecule has 0 bridgehead atoms. The summed E-state index contributed by atoms with van der Waals surface area (Å²) < 4.78 is 0.713. The van der Waals surface area contributed by atoms with Crippen molar-refractivity contribution < 1.29 is 15.0 Å². The molecule has 0 aliphatic carbocycles. The van der Waals surface area contributed by atoms with Crippen LogP contribution in [0.15, 0.2) is 16.6 Å². The summed E-state index contributed by atoms with van der Waals surface area (Å²) in [6.45, 7) is 2.73. The number of nitrogens with two attached hydrogens (primary N) is 1. The zero-order valence-electron chi connectivity index (χ0n) is 10.3. The zero-order chi connectivity index (χ0) is 13.9. The molecule has 1 unspecified atom stereocenters. The molecule has 0 aliphatic heterocycles. The predicted molar refractivity (Wildman–Crippen MR) is 73.3 cm³/mol. The number of aliphatic hydroxyl groups excluding tert-OH is 1. The van der Waals surface area contributed by atoms with Gasteiger partial charge in [0.25, 0.3) is 5.91 Å². The van der Waals surface area contributed by atoms with Gasteiger partial charge >= 0.3 is 0 Å². The molecule has 18 heavy (non-hydrogen) atoms. The third kappa shape index (κ3) is 3.69. The van der Waals surface area contributed by atoms with Gasteiger partial charge in [0.2, 0.25) is 0 Å². The summed E-state index contributed by atoms with van der Waals surface area (Å²) in [5.74, 6) is -0.339. The first-order valence-electron chi connectivity index (χ1n) is 5.44. The summed E-state index contributed by atoms with van der Waals surface area (Å²) in [7, 11) is 0. The Bertz CT molecular complexity index is 461. The van der Waals surface area contributed by atoms with Crippen molar-refractivity contribution in [1.29, 1.82) is 0 Å². The van der Waals surface area contributed by atoms with Gasteiger partial charge in [0.15, 0.2) is 0 Å². The molecule has 0 spiro atoms. The second-order valence-electron chi connectivity index (χ2n) is 4.51. The molecule has 1 aromatic rings. The average Bonchev–Trinajstić information content (AvgIpc) is 2.31. The van der Waals surface area contributed by atoms with E-state index in [1.807, 2.05) is 0 Å². The standard InChI is InChI=1S/C12H17BrN2O3/c1-7-9(3-8(13)4-10(7)14)11(17)15-5-12(2,18)6-16/h3-4,16,18H,5-6,14H2,1-2H3,(H,15,17). The fraction of sp³-hybridized carbons (Fsp3) is 0.417. The van der Waals surface area contributed by atoms with Crippen LogP contribution < -0.4 is 11.1 Å². The molecule has 0 saturated carbocycles. The Hall–Kier alpha value is -1.11. The predicted octanol–water partition coefficient (Wildman–Crippen LogP) is 0.813. The van der Waals surface area contributed by atoms with Crippen molar-refractivity contribution >= 4 is 27.5 Å². The molecule has 1 amide bonds. The number of hydrogen-bond donors (Lipinski definition) is 4. The number of anilines is 1. The molecule has 0 heterocycles. The lowest BCUT2D eigenvalue weighted by Crippen LogP contribution is -2.43. The van der Waals surface area contributed by atoms with Gasteiger partial charge in [0, 0.05) is 22.3 Å². The number of halogens is 1. The van der Waals surface area contributed by atoms with E-state index in [0.717, 1.165) is 0 Å². The molecule has 5 N–H and O–H groups in total. The number of amides is 1. The number of hydrogen-bond acceptors (Lipinski definition) is 4. The van der Waals surface area contributed by atoms with Gasteiger partial charge in [-0.3, -0.25) is 4.79 Å². The van der Waals surface area contributed by atoms with E-state index in [4.69, 9.17) is 10.8 Å². The van der Waals surface area contributed by atoms with Gasteiger partial charge in [-0.15, -0.1) is 0 Å². The molecular formula is C12H17BrN2O3. The molecular weight excluding hydrogens is 300 g/mol. The Morgan fingerprint density at radius 2 is 2.17 bits per heavy atom. The highest BCUT2D eigenvalue weighted by Gasteiger charge is 2.21. The van der Waals surface area contributed by atoms with E-state index in [0.29, 0.717) is 21.3 Å². The van der Waals surface area contributed by atoms with Crippen LogP contribution in [0.1, 0.15) is 22.8 Å². The van der Waals surface area contributed by atoms with Gasteiger partial charge in [0.1, 0.15) is 5.60 Å². The van der Waals surface area contributed by atoms with E-state index >= 15 is 0 Å². The Kier molecular flexibility index (Phi) is 4.72. The van der Waals surface area contributed by atoms with Gasteiger partial charge in [-0.25, -0.2) is 0 Å². The number of aliphatic hydroxyl groups is 2. The van der Waals surface area contributed by atoms with E-state index in [1.165, 1.54) is 6.92 Å². The molecule has 100 valence electrons. The highest BCUT2D eigenvalue weighted by molar-refractivity contribution is 9.10. The minimum atomic E-state index is -1.33. The summed E-state index contributed by atoms with van der Waals surface area (Å²) in [5.41, 5.74) is 6.07. The fourth-order valence-electron chi connectivity index (χ4n) is 1.36. The van der Waals surface area contributed by atoms with Crippen molar-refractivity contribution in [2.24, 2.45) is 0 Å². The molecule has 0 aliphatic rings. The van der Waals surface area contributed by atoms with Gasteiger partial charge in [-0.1, -0.05) is 15.9 Å². The molecule has 0 radical (unpaired) electrons. The number of carbonyl (C=O) groups is 1. The quantitative estimate of drug-likeness (QED) is 0.618. The molecule has 5 nitrogen and oxygen atoms in total. The molecule has 1 aromatic carbocycles. The SMILES string of the molecule is Cc1c(N)cc(Br)cc1C(=O)NCC(C)(O)CO. The van der Waals surface area contributed by atoms with Crippen LogP contribution in [-0.4, -0.2) is 34.9 Å². The first-order valence-corrected chi connectivity index (χ1v) is 6.23. The Balaban J connectivity index is 2.85. The van der Waals surface area contributed by atoms with E-state index in [9.17, 15) is 9.90 Å². The number of nitrogens with one attached hydrogen (secondary N) is 1. The maximum atomic E-state index is 12.0. The average molecular weight is 317 g/mol. The third-order valence-electron chi connectivity index (χ3n) is 2.63. The second-order valence-corrected chi connectivity index (χ2v) is 5.42. The maximum absolute atomic E-state index is 12.0. The van der Waals surface area contributed by atoms with Crippen LogP contribution in [0.2, 0.25) is 0 Å². The first-order chi connectivity index (χ1) is 8.26. The van der Waals surface area contributed by atoms with Gasteiger partial charge < -0.3 is 21.3 Å². The van der Waals surface area contributed by atoms with E-state index in [2.05, 4.69) is 21.2 Å². The summed E-state index contributed by atoms with van der Waals surface area (Å²) in [6, 6.07) is 3.38. The summed E-state index contributed by atoms with van der Waals surface area (Å²) in [5, 5.41) is 21.1. The smallest absolute Gasteiger partial charge is 0.251 e. The first kappa shape index (κ1) is 14.9. The van der Waals surface area contributed by atoms with E-state index < -0.39 is 12.2 Å². The lowest BCUT2D eigenvalue weighted by Gasteiger charge is -2.21. The topological polar surface area (TPSA) is 95.6 Å². The Morgan fingerprint density at radius 1 is 1.56 bits per heavy atom. The van der Waals surface area contributed by atoms with Crippen molar-refractivity contribution in [3.05, 3.63) is 27.7 Å². The van der Waals surface area contributed by atoms with Crippen LogP contribution in [-0.2, 0) is 0 Å². The number of rotatable bonds is 4. The minimum absolute atomic E-state index is 0.0335. The Morgan fingerprint density at radius 3 is 2.72 bits per heavy atom. The van der Waals surface area contributed by atoms with Crippen molar-refractivity contribution in [2.45, 2.75) is 19.4 Å².